The smallest absolute Gasteiger partial charge is 0.181 e. The number of pyridine rings is 2. The van der Waals surface area contributed by atoms with Gasteiger partial charge in [-0.1, -0.05) is 77.5 Å². The fourth-order valence-corrected chi connectivity index (χ4v) is 6.03. The molecule has 0 atom stereocenters. The van der Waals surface area contributed by atoms with E-state index in [9.17, 15) is 1.37 Å². The Labute approximate surface area is 325 Å². The Balaban J connectivity index is 0.000000263. The van der Waals surface area contributed by atoms with E-state index in [4.69, 9.17) is 28.5 Å². The Kier molecular flexibility index (Phi) is 9.28. The molecule has 1 fully saturated rings. The van der Waals surface area contributed by atoms with Gasteiger partial charge in [0.05, 0.1) is 17.1 Å². The standard InChI is InChI=1S/C32H34N5O.C11H9N2.Ir/c1-31(2,3)29-35-28(36-30(37-29)32(4,5)6)23-18-24-25(26(34-23)19-12-7-8-13-19)21-15-11-14-20(27(21)38-24)22-16-9-10-17-33-22;1-9-7-12-11(13-8-9)10-5-3-2-4-6-10;/h9-11,15-19H,7-8,12-13H2,1-6H3;2-5,7-8H,1H3;/q2*-1;/i19D;1D3;. The summed E-state index contributed by atoms with van der Waals surface area (Å²) >= 11 is 0. The zero-order valence-corrected chi connectivity index (χ0v) is 32.6. The summed E-state index contributed by atoms with van der Waals surface area (Å²) in [6.45, 7) is 10.5. The summed E-state index contributed by atoms with van der Waals surface area (Å²) in [5, 5.41) is 1.82. The third kappa shape index (κ3) is 7.86. The Morgan fingerprint density at radius 3 is 2.10 bits per heavy atom. The Hall–Kier alpha value is -4.72. The summed E-state index contributed by atoms with van der Waals surface area (Å²) in [7, 11) is 0. The molecule has 0 N–H and O–H groups in total. The third-order valence-electron chi connectivity index (χ3n) is 8.68. The number of hydrogen-bond donors (Lipinski definition) is 0. The van der Waals surface area contributed by atoms with Crippen molar-refractivity contribution in [3.63, 3.8) is 0 Å². The molecular weight excluding hydrogens is 823 g/mol. The molecule has 0 amide bonds. The Bertz CT molecular complexity index is 2420. The van der Waals surface area contributed by atoms with Crippen LogP contribution in [0.5, 0.6) is 0 Å². The molecule has 0 aliphatic heterocycles. The van der Waals surface area contributed by atoms with Gasteiger partial charge in [0, 0.05) is 72.4 Å². The van der Waals surface area contributed by atoms with Gasteiger partial charge >= 0.3 is 0 Å². The molecule has 1 saturated carbocycles. The molecule has 2 aromatic carbocycles. The third-order valence-corrected chi connectivity index (χ3v) is 8.68. The number of hydrogen-bond acceptors (Lipinski definition) is 8. The summed E-state index contributed by atoms with van der Waals surface area (Å²) in [5.41, 5.74) is 4.68. The van der Waals surface area contributed by atoms with Crippen molar-refractivity contribution in [2.75, 3.05) is 0 Å². The first-order valence-electron chi connectivity index (χ1n) is 19.3. The van der Waals surface area contributed by atoms with Crippen molar-refractivity contribution in [3.8, 4) is 34.2 Å². The molecule has 1 aliphatic carbocycles. The second-order valence-corrected chi connectivity index (χ2v) is 14.8. The van der Waals surface area contributed by atoms with Crippen molar-refractivity contribution in [1.29, 1.82) is 0 Å². The van der Waals surface area contributed by atoms with Crippen molar-refractivity contribution in [1.82, 2.24) is 34.9 Å². The van der Waals surface area contributed by atoms with Crippen LogP contribution in [0.2, 0.25) is 0 Å². The molecule has 0 bridgehead atoms. The monoisotopic (exact) mass is 870 g/mol. The van der Waals surface area contributed by atoms with Crippen LogP contribution in [-0.2, 0) is 30.9 Å². The van der Waals surface area contributed by atoms with Crippen LogP contribution >= 0.6 is 0 Å². The summed E-state index contributed by atoms with van der Waals surface area (Å²) in [5.74, 6) is 1.64. The van der Waals surface area contributed by atoms with Gasteiger partial charge in [0.1, 0.15) is 22.9 Å². The predicted molar refractivity (Wildman–Crippen MR) is 202 cm³/mol. The van der Waals surface area contributed by atoms with Crippen molar-refractivity contribution in [3.05, 3.63) is 114 Å². The fourth-order valence-electron chi connectivity index (χ4n) is 6.03. The maximum atomic E-state index is 9.50. The molecule has 1 radical (unpaired) electrons. The number of benzene rings is 2. The Morgan fingerprint density at radius 2 is 1.48 bits per heavy atom. The molecule has 9 heteroatoms. The van der Waals surface area contributed by atoms with Crippen LogP contribution < -0.4 is 0 Å². The van der Waals surface area contributed by atoms with Gasteiger partial charge in [-0.15, -0.1) is 54.1 Å². The molecule has 0 saturated heterocycles. The van der Waals surface area contributed by atoms with E-state index in [0.717, 1.165) is 70.6 Å². The van der Waals surface area contributed by atoms with Crippen molar-refractivity contribution in [2.45, 2.75) is 90.8 Å². The summed E-state index contributed by atoms with van der Waals surface area (Å²) < 4.78 is 37.7. The molecule has 0 spiro atoms. The summed E-state index contributed by atoms with van der Waals surface area (Å²) in [6, 6.07) is 25.2. The molecule has 267 valence electrons. The maximum absolute atomic E-state index is 9.50. The number of furan rings is 1. The topological polar surface area (TPSA) is 103 Å². The van der Waals surface area contributed by atoms with Gasteiger partial charge in [0.2, 0.25) is 0 Å². The number of aromatic nitrogens is 7. The van der Waals surface area contributed by atoms with E-state index < -0.39 is 12.7 Å². The zero-order chi connectivity index (χ0) is 39.2. The van der Waals surface area contributed by atoms with E-state index in [2.05, 4.69) is 68.6 Å². The van der Waals surface area contributed by atoms with E-state index in [1.54, 1.807) is 12.3 Å². The molecular formula is C43H43IrN7O-2. The molecule has 7 aromatic rings. The number of aryl methyl sites for hydroxylation is 1. The minimum atomic E-state index is -2.15. The van der Waals surface area contributed by atoms with Gasteiger partial charge in [-0.25, -0.2) is 19.9 Å². The van der Waals surface area contributed by atoms with E-state index >= 15 is 0 Å². The minimum Gasteiger partial charge on any atom is -0.500 e. The maximum Gasteiger partial charge on any atom is 0.181 e. The van der Waals surface area contributed by atoms with E-state index in [-0.39, 0.29) is 36.5 Å². The molecule has 5 aromatic heterocycles. The van der Waals surface area contributed by atoms with Crippen LogP contribution in [0.3, 0.4) is 0 Å². The van der Waals surface area contributed by atoms with Crippen molar-refractivity contribution < 1.29 is 30.0 Å². The first-order valence-corrected chi connectivity index (χ1v) is 17.3. The van der Waals surface area contributed by atoms with Gasteiger partial charge in [0.25, 0.3) is 0 Å². The van der Waals surface area contributed by atoms with Crippen LogP contribution in [0.4, 0.5) is 0 Å². The number of nitrogens with zero attached hydrogens (tertiary/aromatic N) is 7. The number of fused-ring (bicyclic) bond motifs is 3. The average Bonchev–Trinajstić information content (AvgIpc) is 3.78. The van der Waals surface area contributed by atoms with Gasteiger partial charge in [-0.3, -0.25) is 9.97 Å². The van der Waals surface area contributed by atoms with Crippen LogP contribution in [0.15, 0.2) is 83.7 Å². The predicted octanol–water partition coefficient (Wildman–Crippen LogP) is 10.2. The molecule has 1 aliphatic rings. The zero-order valence-electron chi connectivity index (χ0n) is 34.2. The van der Waals surface area contributed by atoms with Crippen LogP contribution in [0.1, 0.15) is 102 Å². The SMILES string of the molecule is [2H]C([2H])([2H])c1cnc(-c2[c-]cccc2)nc1.[2H]C1(c2nc(-c3nc(C(C)(C)C)nc(C(C)(C)C)n3)cc3oc4c(-c5ccccn5)[c-]ccc4c23)CCCC1.[Ir]. The van der Waals surface area contributed by atoms with E-state index in [1.165, 1.54) is 12.4 Å². The van der Waals surface area contributed by atoms with Gasteiger partial charge in [-0.05, 0) is 37.0 Å². The number of rotatable bonds is 4. The Morgan fingerprint density at radius 1 is 0.769 bits per heavy atom. The van der Waals surface area contributed by atoms with Crippen LogP contribution in [-0.4, -0.2) is 34.9 Å². The minimum absolute atomic E-state index is 0. The summed E-state index contributed by atoms with van der Waals surface area (Å²) in [4.78, 5) is 32.4. The molecule has 8 rings (SSSR count). The van der Waals surface area contributed by atoms with E-state index in [1.807, 2.05) is 54.6 Å². The second kappa shape index (κ2) is 15.1. The second-order valence-electron chi connectivity index (χ2n) is 14.8. The quantitative estimate of drug-likeness (QED) is 0.161. The molecule has 8 nitrogen and oxygen atoms in total. The van der Waals surface area contributed by atoms with Gasteiger partial charge < -0.3 is 9.40 Å². The van der Waals surface area contributed by atoms with Gasteiger partial charge in [0.15, 0.2) is 5.82 Å². The molecule has 5 heterocycles. The largest absolute Gasteiger partial charge is 0.500 e. The van der Waals surface area contributed by atoms with Crippen LogP contribution in [0.25, 0.3) is 56.1 Å². The van der Waals surface area contributed by atoms with E-state index in [0.29, 0.717) is 28.5 Å². The molecule has 0 unspecified atom stereocenters. The average molecular weight is 870 g/mol. The molecule has 52 heavy (non-hydrogen) atoms. The normalized spacial score (nSPS) is 15.5. The first-order chi connectivity index (χ1) is 26.0. The van der Waals surface area contributed by atoms with Crippen molar-refractivity contribution in [2.24, 2.45) is 0 Å². The summed E-state index contributed by atoms with van der Waals surface area (Å²) in [6.07, 6.45) is 7.96. The van der Waals surface area contributed by atoms with Crippen molar-refractivity contribution >= 4 is 21.9 Å². The first kappa shape index (κ1) is 32.0. The van der Waals surface area contributed by atoms with Crippen LogP contribution in [0, 0.1) is 19.0 Å². The fraction of sp³-hybridized carbons (Fsp3) is 0.326. The van der Waals surface area contributed by atoms with Gasteiger partial charge in [-0.2, -0.15) is 0 Å².